The van der Waals surface area contributed by atoms with Gasteiger partial charge in [0.2, 0.25) is 15.9 Å². The molecule has 0 unspecified atom stereocenters. The molecular formula is C26H26N4O4S. The van der Waals surface area contributed by atoms with Gasteiger partial charge in [-0.05, 0) is 42.0 Å². The largest absolute Gasteiger partial charge is 0.323 e. The van der Waals surface area contributed by atoms with Crippen molar-refractivity contribution in [3.63, 3.8) is 0 Å². The van der Waals surface area contributed by atoms with Crippen LogP contribution in [0, 0.1) is 0 Å². The Bertz CT molecular complexity index is 1350. The Kier molecular flexibility index (Phi) is 6.38. The van der Waals surface area contributed by atoms with Gasteiger partial charge < -0.3 is 5.32 Å². The molecule has 35 heavy (non-hydrogen) atoms. The zero-order valence-electron chi connectivity index (χ0n) is 19.1. The molecule has 0 aliphatic carbocycles. The fourth-order valence-electron chi connectivity index (χ4n) is 4.50. The number of hydrogen-bond donors (Lipinski definition) is 1. The molecule has 0 bridgehead atoms. The zero-order chi connectivity index (χ0) is 24.4. The van der Waals surface area contributed by atoms with Crippen LogP contribution in [0.1, 0.15) is 15.9 Å². The van der Waals surface area contributed by atoms with Crippen molar-refractivity contribution in [3.05, 3.63) is 90.0 Å². The van der Waals surface area contributed by atoms with Gasteiger partial charge in [0, 0.05) is 38.3 Å². The van der Waals surface area contributed by atoms with Crippen LogP contribution >= 0.6 is 0 Å². The van der Waals surface area contributed by atoms with Gasteiger partial charge in [-0.25, -0.2) is 8.42 Å². The third-order valence-corrected chi connectivity index (χ3v) is 8.22. The highest BCUT2D eigenvalue weighted by Gasteiger charge is 2.29. The Morgan fingerprint density at radius 1 is 0.857 bits per heavy atom. The highest BCUT2D eigenvalue weighted by Crippen LogP contribution is 2.30. The number of nitrogens with zero attached hydrogens (tertiary/aromatic N) is 3. The monoisotopic (exact) mass is 490 g/mol. The van der Waals surface area contributed by atoms with E-state index in [-0.39, 0.29) is 18.4 Å². The fourth-order valence-corrected chi connectivity index (χ4v) is 5.94. The maximum absolute atomic E-state index is 13.3. The van der Waals surface area contributed by atoms with E-state index in [1.165, 1.54) is 9.21 Å². The number of carbonyl (C=O) groups is 2. The minimum absolute atomic E-state index is 0.0298. The summed E-state index contributed by atoms with van der Waals surface area (Å²) in [6.45, 7) is 2.61. The molecule has 0 atom stereocenters. The van der Waals surface area contributed by atoms with Gasteiger partial charge in [0.15, 0.2) is 0 Å². The van der Waals surface area contributed by atoms with Crippen LogP contribution in [0.2, 0.25) is 0 Å². The van der Waals surface area contributed by atoms with Crippen LogP contribution in [-0.4, -0.2) is 62.2 Å². The lowest BCUT2D eigenvalue weighted by Gasteiger charge is -2.34. The van der Waals surface area contributed by atoms with E-state index in [0.29, 0.717) is 54.6 Å². The molecule has 2 aliphatic rings. The van der Waals surface area contributed by atoms with E-state index < -0.39 is 10.0 Å². The van der Waals surface area contributed by atoms with Gasteiger partial charge in [0.1, 0.15) is 6.54 Å². The number of fused-ring (bicyclic) bond motifs is 1. The molecule has 1 saturated heterocycles. The van der Waals surface area contributed by atoms with Crippen molar-refractivity contribution < 1.29 is 18.0 Å². The first-order chi connectivity index (χ1) is 16.9. The quantitative estimate of drug-likeness (QED) is 0.594. The fraction of sp³-hybridized carbons (Fsp3) is 0.231. The second kappa shape index (κ2) is 9.61. The molecule has 0 aromatic heterocycles. The zero-order valence-corrected chi connectivity index (χ0v) is 19.9. The van der Waals surface area contributed by atoms with E-state index in [4.69, 9.17) is 0 Å². The minimum atomic E-state index is -3.49. The second-order valence-corrected chi connectivity index (χ2v) is 10.6. The third-order valence-electron chi connectivity index (χ3n) is 6.31. The SMILES string of the molecule is O=C1CN(C(=O)c2cccc(CN3CCN(S(=O)(=O)c4ccccc4)CC3)c2)c2ccccc2N1. The Morgan fingerprint density at radius 3 is 2.34 bits per heavy atom. The summed E-state index contributed by atoms with van der Waals surface area (Å²) in [5.41, 5.74) is 2.78. The van der Waals surface area contributed by atoms with Crippen molar-refractivity contribution in [2.45, 2.75) is 11.4 Å². The van der Waals surface area contributed by atoms with E-state index >= 15 is 0 Å². The highest BCUT2D eigenvalue weighted by atomic mass is 32.2. The first kappa shape index (κ1) is 23.2. The van der Waals surface area contributed by atoms with Gasteiger partial charge in [-0.1, -0.05) is 42.5 Å². The third kappa shape index (κ3) is 4.84. The van der Waals surface area contributed by atoms with Crippen molar-refractivity contribution in [1.82, 2.24) is 9.21 Å². The van der Waals surface area contributed by atoms with Crippen LogP contribution in [0.25, 0.3) is 0 Å². The molecule has 9 heteroatoms. The van der Waals surface area contributed by atoms with Crippen LogP contribution in [0.4, 0.5) is 11.4 Å². The summed E-state index contributed by atoms with van der Waals surface area (Å²) >= 11 is 0. The Balaban J connectivity index is 1.25. The molecule has 2 aliphatic heterocycles. The van der Waals surface area contributed by atoms with Gasteiger partial charge in [0.25, 0.3) is 5.91 Å². The number of carbonyl (C=O) groups excluding carboxylic acids is 2. The lowest BCUT2D eigenvalue weighted by Crippen LogP contribution is -2.48. The van der Waals surface area contributed by atoms with Gasteiger partial charge in [-0.2, -0.15) is 4.31 Å². The average Bonchev–Trinajstić information content (AvgIpc) is 2.89. The molecule has 2 amide bonds. The summed E-state index contributed by atoms with van der Waals surface area (Å²) in [7, 11) is -3.49. The maximum atomic E-state index is 13.3. The Hall–Kier alpha value is -3.53. The number of amides is 2. The Labute approximate surface area is 204 Å². The van der Waals surface area contributed by atoms with Gasteiger partial charge in [-0.15, -0.1) is 0 Å². The first-order valence-electron chi connectivity index (χ1n) is 11.5. The molecule has 8 nitrogen and oxygen atoms in total. The predicted octanol–water partition coefficient (Wildman–Crippen LogP) is 2.79. The minimum Gasteiger partial charge on any atom is -0.323 e. The molecule has 180 valence electrons. The van der Waals surface area contributed by atoms with Crippen LogP contribution < -0.4 is 10.2 Å². The van der Waals surface area contributed by atoms with E-state index in [1.54, 1.807) is 42.5 Å². The Morgan fingerprint density at radius 2 is 1.57 bits per heavy atom. The number of benzene rings is 3. The molecule has 0 saturated carbocycles. The normalized spacial score (nSPS) is 17.0. The summed E-state index contributed by atoms with van der Waals surface area (Å²) in [6.07, 6.45) is 0. The molecule has 0 spiro atoms. The van der Waals surface area contributed by atoms with E-state index in [9.17, 15) is 18.0 Å². The van der Waals surface area contributed by atoms with Gasteiger partial charge in [-0.3, -0.25) is 19.4 Å². The lowest BCUT2D eigenvalue weighted by molar-refractivity contribution is -0.115. The predicted molar refractivity (Wildman–Crippen MR) is 134 cm³/mol. The van der Waals surface area contributed by atoms with Crippen LogP contribution in [0.15, 0.2) is 83.8 Å². The van der Waals surface area contributed by atoms with Crippen molar-refractivity contribution in [2.24, 2.45) is 0 Å². The van der Waals surface area contributed by atoms with E-state index in [0.717, 1.165) is 5.56 Å². The summed E-state index contributed by atoms with van der Waals surface area (Å²) in [6, 6.07) is 23.2. The second-order valence-electron chi connectivity index (χ2n) is 8.65. The highest BCUT2D eigenvalue weighted by molar-refractivity contribution is 7.89. The molecule has 2 heterocycles. The van der Waals surface area contributed by atoms with Crippen LogP contribution in [0.3, 0.4) is 0 Å². The topological polar surface area (TPSA) is 90.0 Å². The molecule has 1 N–H and O–H groups in total. The first-order valence-corrected chi connectivity index (χ1v) is 12.9. The number of sulfonamides is 1. The van der Waals surface area contributed by atoms with Crippen molar-refractivity contribution >= 4 is 33.2 Å². The number of nitrogens with one attached hydrogen (secondary N) is 1. The number of para-hydroxylation sites is 2. The van der Waals surface area contributed by atoms with Crippen LogP contribution in [-0.2, 0) is 21.4 Å². The van der Waals surface area contributed by atoms with Gasteiger partial charge >= 0.3 is 0 Å². The standard InChI is InChI=1S/C26H26N4O4S/c31-25-19-30(24-12-5-4-11-23(24)27-25)26(32)21-8-6-7-20(17-21)18-28-13-15-29(16-14-28)35(33,34)22-9-2-1-3-10-22/h1-12,17H,13-16,18-19H2,(H,27,31). The molecule has 5 rings (SSSR count). The number of piperazine rings is 1. The van der Waals surface area contributed by atoms with Crippen molar-refractivity contribution in [1.29, 1.82) is 0 Å². The lowest BCUT2D eigenvalue weighted by atomic mass is 10.1. The van der Waals surface area contributed by atoms with Crippen LogP contribution in [0.5, 0.6) is 0 Å². The molecule has 3 aromatic rings. The smallest absolute Gasteiger partial charge is 0.258 e. The number of rotatable bonds is 5. The summed E-state index contributed by atoms with van der Waals surface area (Å²) in [4.78, 5) is 29.4. The molecular weight excluding hydrogens is 464 g/mol. The van der Waals surface area contributed by atoms with E-state index in [1.807, 2.05) is 36.4 Å². The van der Waals surface area contributed by atoms with E-state index in [2.05, 4.69) is 10.2 Å². The summed E-state index contributed by atoms with van der Waals surface area (Å²) < 4.78 is 27.3. The van der Waals surface area contributed by atoms with Crippen molar-refractivity contribution in [2.75, 3.05) is 42.9 Å². The average molecular weight is 491 g/mol. The summed E-state index contributed by atoms with van der Waals surface area (Å²) in [5, 5.41) is 2.80. The summed E-state index contributed by atoms with van der Waals surface area (Å²) in [5.74, 6) is -0.454. The number of hydrogen-bond acceptors (Lipinski definition) is 5. The van der Waals surface area contributed by atoms with Crippen molar-refractivity contribution in [3.8, 4) is 0 Å². The maximum Gasteiger partial charge on any atom is 0.258 e. The van der Waals surface area contributed by atoms with Gasteiger partial charge in [0.05, 0.1) is 16.3 Å². The molecule has 3 aromatic carbocycles. The number of anilines is 2. The molecule has 0 radical (unpaired) electrons. The molecule has 1 fully saturated rings.